The number of benzene rings is 1. The van der Waals surface area contributed by atoms with Crippen molar-refractivity contribution in [1.82, 2.24) is 15.1 Å². The maximum absolute atomic E-state index is 13.6. The highest BCUT2D eigenvalue weighted by Crippen LogP contribution is 2.32. The fourth-order valence-corrected chi connectivity index (χ4v) is 3.30. The zero-order chi connectivity index (χ0) is 18.3. The maximum Gasteiger partial charge on any atom is 0.144 e. The summed E-state index contributed by atoms with van der Waals surface area (Å²) in [6.45, 7) is 7.61. The molecule has 26 heavy (non-hydrogen) atoms. The molecule has 0 fully saturated rings. The zero-order valence-electron chi connectivity index (χ0n) is 15.2. The van der Waals surface area contributed by atoms with Crippen LogP contribution in [0.15, 0.2) is 34.9 Å². The molecule has 2 aromatic heterocycles. The van der Waals surface area contributed by atoms with E-state index in [1.54, 1.807) is 6.07 Å². The second-order valence-electron chi connectivity index (χ2n) is 6.97. The van der Waals surface area contributed by atoms with Gasteiger partial charge in [0.25, 0.3) is 0 Å². The molecule has 134 valence electrons. The number of anilines is 1. The minimum Gasteiger partial charge on any atom is -0.360 e. The molecule has 3 heterocycles. The number of fused-ring (bicyclic) bond motifs is 1. The lowest BCUT2D eigenvalue weighted by Gasteiger charge is -2.28. The van der Waals surface area contributed by atoms with E-state index in [2.05, 4.69) is 39.9 Å². The number of hydrogen-bond acceptors (Lipinski definition) is 5. The molecule has 0 saturated heterocycles. The third kappa shape index (κ3) is 3.07. The van der Waals surface area contributed by atoms with Crippen LogP contribution in [0.1, 0.15) is 42.6 Å². The van der Waals surface area contributed by atoms with Gasteiger partial charge < -0.3 is 9.42 Å². The van der Waals surface area contributed by atoms with Crippen molar-refractivity contribution < 1.29 is 8.91 Å². The van der Waals surface area contributed by atoms with Crippen LogP contribution in [0.25, 0.3) is 11.3 Å². The quantitative estimate of drug-likeness (QED) is 0.705. The second kappa shape index (κ2) is 6.52. The fourth-order valence-electron chi connectivity index (χ4n) is 3.30. The number of nitrogens with zero attached hydrogens (tertiary/aromatic N) is 4. The molecule has 3 aromatic rings. The summed E-state index contributed by atoms with van der Waals surface area (Å²) in [6.07, 6.45) is 0.748. The van der Waals surface area contributed by atoms with E-state index in [1.807, 2.05) is 13.0 Å². The standard InChI is InChI=1S/C20H21FN4O/c1-12(2)17-10-19(23-13(3)22-17)25-8-7-18-16(11-25)20(24-26-18)14-5-4-6-15(21)9-14/h4-6,9-10,12H,7-8,11H2,1-3H3. The first-order chi connectivity index (χ1) is 12.5. The van der Waals surface area contributed by atoms with Crippen molar-refractivity contribution in [3.8, 4) is 11.3 Å². The number of halogens is 1. The van der Waals surface area contributed by atoms with Crippen molar-refractivity contribution in [3.63, 3.8) is 0 Å². The van der Waals surface area contributed by atoms with Gasteiger partial charge in [0.15, 0.2) is 0 Å². The van der Waals surface area contributed by atoms with Crippen LogP contribution in [0.4, 0.5) is 10.2 Å². The summed E-state index contributed by atoms with van der Waals surface area (Å²) in [6, 6.07) is 8.52. The van der Waals surface area contributed by atoms with E-state index in [0.29, 0.717) is 18.2 Å². The maximum atomic E-state index is 13.6. The molecule has 0 aliphatic carbocycles. The lowest BCUT2D eigenvalue weighted by molar-refractivity contribution is 0.378. The number of aryl methyl sites for hydroxylation is 1. The van der Waals surface area contributed by atoms with Gasteiger partial charge in [0.1, 0.15) is 28.9 Å². The Labute approximate surface area is 151 Å². The molecular formula is C20H21FN4O. The van der Waals surface area contributed by atoms with Crippen molar-refractivity contribution in [2.75, 3.05) is 11.4 Å². The minimum absolute atomic E-state index is 0.278. The Morgan fingerprint density at radius 1 is 1.19 bits per heavy atom. The van der Waals surface area contributed by atoms with Crippen molar-refractivity contribution in [3.05, 3.63) is 59.0 Å². The zero-order valence-corrected chi connectivity index (χ0v) is 15.2. The Morgan fingerprint density at radius 3 is 2.81 bits per heavy atom. The molecule has 4 rings (SSSR count). The molecule has 0 amide bonds. The third-order valence-electron chi connectivity index (χ3n) is 4.69. The van der Waals surface area contributed by atoms with E-state index in [9.17, 15) is 4.39 Å². The van der Waals surface area contributed by atoms with Crippen molar-refractivity contribution in [2.24, 2.45) is 0 Å². The summed E-state index contributed by atoms with van der Waals surface area (Å²) < 4.78 is 19.1. The van der Waals surface area contributed by atoms with Crippen LogP contribution in [0, 0.1) is 12.7 Å². The fraction of sp³-hybridized carbons (Fsp3) is 0.350. The average Bonchev–Trinajstić information content (AvgIpc) is 3.04. The summed E-state index contributed by atoms with van der Waals surface area (Å²) in [5.41, 5.74) is 3.48. The molecule has 0 radical (unpaired) electrons. The van der Waals surface area contributed by atoms with Gasteiger partial charge in [-0.15, -0.1) is 0 Å². The number of aromatic nitrogens is 3. The van der Waals surface area contributed by atoms with Crippen molar-refractivity contribution >= 4 is 5.82 Å². The van der Waals surface area contributed by atoms with Crippen LogP contribution >= 0.6 is 0 Å². The summed E-state index contributed by atoms with van der Waals surface area (Å²) in [7, 11) is 0. The summed E-state index contributed by atoms with van der Waals surface area (Å²) in [5, 5.41) is 4.20. The van der Waals surface area contributed by atoms with Gasteiger partial charge in [-0.05, 0) is 25.0 Å². The highest BCUT2D eigenvalue weighted by Gasteiger charge is 2.26. The first kappa shape index (κ1) is 16.7. The molecule has 0 unspecified atom stereocenters. The Morgan fingerprint density at radius 2 is 2.04 bits per heavy atom. The van der Waals surface area contributed by atoms with Crippen molar-refractivity contribution in [1.29, 1.82) is 0 Å². The van der Waals surface area contributed by atoms with Crippen LogP contribution < -0.4 is 4.90 Å². The second-order valence-corrected chi connectivity index (χ2v) is 6.97. The molecule has 0 N–H and O–H groups in total. The van der Waals surface area contributed by atoms with Crippen LogP contribution in [0.5, 0.6) is 0 Å². The van der Waals surface area contributed by atoms with Crippen LogP contribution in [-0.2, 0) is 13.0 Å². The number of hydrogen-bond donors (Lipinski definition) is 0. The van der Waals surface area contributed by atoms with Crippen LogP contribution in [-0.4, -0.2) is 21.7 Å². The predicted molar refractivity (Wildman–Crippen MR) is 97.5 cm³/mol. The lowest BCUT2D eigenvalue weighted by atomic mass is 10.0. The molecular weight excluding hydrogens is 331 g/mol. The SMILES string of the molecule is Cc1nc(C(C)C)cc(N2CCc3onc(-c4cccc(F)c4)c3C2)n1. The van der Waals surface area contributed by atoms with E-state index in [1.165, 1.54) is 12.1 Å². The van der Waals surface area contributed by atoms with E-state index < -0.39 is 0 Å². The van der Waals surface area contributed by atoms with Gasteiger partial charge in [0.05, 0.1) is 6.54 Å². The summed E-state index contributed by atoms with van der Waals surface area (Å²) >= 11 is 0. The first-order valence-corrected chi connectivity index (χ1v) is 8.85. The molecule has 0 atom stereocenters. The first-order valence-electron chi connectivity index (χ1n) is 8.85. The van der Waals surface area contributed by atoms with E-state index in [-0.39, 0.29) is 5.82 Å². The van der Waals surface area contributed by atoms with Crippen molar-refractivity contribution in [2.45, 2.75) is 39.7 Å². The largest absolute Gasteiger partial charge is 0.360 e. The van der Waals surface area contributed by atoms with Gasteiger partial charge >= 0.3 is 0 Å². The Bertz CT molecular complexity index is 951. The topological polar surface area (TPSA) is 55.1 Å². The molecule has 6 heteroatoms. The summed E-state index contributed by atoms with van der Waals surface area (Å²) in [4.78, 5) is 11.4. The van der Waals surface area contributed by atoms with Gasteiger partial charge in [-0.3, -0.25) is 0 Å². The Kier molecular flexibility index (Phi) is 4.18. The van der Waals surface area contributed by atoms with Gasteiger partial charge in [-0.2, -0.15) is 0 Å². The average molecular weight is 352 g/mol. The summed E-state index contributed by atoms with van der Waals surface area (Å²) in [5.74, 6) is 2.62. The molecule has 1 aliphatic rings. The van der Waals surface area contributed by atoms with Gasteiger partial charge in [-0.25, -0.2) is 14.4 Å². The van der Waals surface area contributed by atoms with Crippen LogP contribution in [0.3, 0.4) is 0 Å². The van der Waals surface area contributed by atoms with Crippen LogP contribution in [0.2, 0.25) is 0 Å². The highest BCUT2D eigenvalue weighted by atomic mass is 19.1. The molecule has 0 saturated carbocycles. The molecule has 0 spiro atoms. The van der Waals surface area contributed by atoms with Gasteiger partial charge in [0.2, 0.25) is 0 Å². The van der Waals surface area contributed by atoms with E-state index >= 15 is 0 Å². The molecule has 5 nitrogen and oxygen atoms in total. The third-order valence-corrected chi connectivity index (χ3v) is 4.69. The van der Waals surface area contributed by atoms with Gasteiger partial charge in [0, 0.05) is 35.9 Å². The number of rotatable bonds is 3. The Balaban J connectivity index is 1.69. The van der Waals surface area contributed by atoms with Gasteiger partial charge in [-0.1, -0.05) is 31.1 Å². The molecule has 1 aromatic carbocycles. The molecule has 1 aliphatic heterocycles. The van der Waals surface area contributed by atoms with E-state index in [4.69, 9.17) is 4.52 Å². The Hall–Kier alpha value is -2.76. The van der Waals surface area contributed by atoms with E-state index in [0.717, 1.165) is 47.2 Å². The molecule has 0 bridgehead atoms. The predicted octanol–water partition coefficient (Wildman–Crippen LogP) is 4.27. The monoisotopic (exact) mass is 352 g/mol. The normalized spacial score (nSPS) is 14.0. The minimum atomic E-state index is -0.278. The lowest BCUT2D eigenvalue weighted by Crippen LogP contribution is -2.31. The smallest absolute Gasteiger partial charge is 0.144 e. The highest BCUT2D eigenvalue weighted by molar-refractivity contribution is 5.65.